The molecule has 6 heteroatoms. The third-order valence-electron chi connectivity index (χ3n) is 4.36. The molecule has 0 aliphatic rings. The molecule has 1 heterocycles. The maximum atomic E-state index is 12.5. The number of benzene rings is 2. The van der Waals surface area contributed by atoms with Crippen molar-refractivity contribution in [2.45, 2.75) is 20.3 Å². The zero-order chi connectivity index (χ0) is 19.4. The van der Waals surface area contributed by atoms with Crippen molar-refractivity contribution in [2.75, 3.05) is 5.32 Å². The lowest BCUT2D eigenvalue weighted by molar-refractivity contribution is -0.384. The largest absolute Gasteiger partial charge is 0.321 e. The molecule has 0 saturated carbocycles. The van der Waals surface area contributed by atoms with Crippen LogP contribution < -0.4 is 5.32 Å². The number of anilines is 1. The summed E-state index contributed by atoms with van der Waals surface area (Å²) in [5.41, 5.74) is 4.51. The fourth-order valence-corrected chi connectivity index (χ4v) is 2.65. The van der Waals surface area contributed by atoms with Crippen molar-refractivity contribution < 1.29 is 9.72 Å². The molecule has 0 aliphatic heterocycles. The highest BCUT2D eigenvalue weighted by Gasteiger charge is 2.12. The number of hydrogen-bond donors (Lipinski definition) is 1. The third-order valence-corrected chi connectivity index (χ3v) is 4.36. The van der Waals surface area contributed by atoms with Crippen LogP contribution in [0, 0.1) is 17.0 Å². The van der Waals surface area contributed by atoms with Gasteiger partial charge in [0, 0.05) is 29.5 Å². The Bertz CT molecular complexity index is 981. The Morgan fingerprint density at radius 3 is 2.44 bits per heavy atom. The van der Waals surface area contributed by atoms with Crippen LogP contribution in [0.4, 0.5) is 11.4 Å². The van der Waals surface area contributed by atoms with Gasteiger partial charge in [-0.25, -0.2) is 0 Å². The number of pyridine rings is 1. The number of carbonyl (C=O) groups excluding carboxylic acids is 1. The molecule has 6 nitrogen and oxygen atoms in total. The minimum atomic E-state index is -0.485. The first-order valence-corrected chi connectivity index (χ1v) is 8.59. The fraction of sp³-hybridized carbons (Fsp3) is 0.143. The number of carbonyl (C=O) groups is 1. The van der Waals surface area contributed by atoms with E-state index in [0.29, 0.717) is 11.3 Å². The van der Waals surface area contributed by atoms with Crippen molar-refractivity contribution in [3.8, 4) is 11.3 Å². The van der Waals surface area contributed by atoms with Gasteiger partial charge in [-0.05, 0) is 42.7 Å². The van der Waals surface area contributed by atoms with Gasteiger partial charge in [0.1, 0.15) is 0 Å². The van der Waals surface area contributed by atoms with Crippen LogP contribution in [0.5, 0.6) is 0 Å². The SMILES string of the molecule is CCc1ccc(-c2ccc(C(=O)Nc3cc([N+](=O)[O-])ccc3C)cc2)nc1. The Kier molecular flexibility index (Phi) is 5.26. The lowest BCUT2D eigenvalue weighted by atomic mass is 10.1. The number of amides is 1. The quantitative estimate of drug-likeness (QED) is 0.523. The average molecular weight is 361 g/mol. The summed E-state index contributed by atoms with van der Waals surface area (Å²) in [5, 5.41) is 13.7. The predicted octanol–water partition coefficient (Wildman–Crippen LogP) is 4.78. The smallest absolute Gasteiger partial charge is 0.271 e. The van der Waals surface area contributed by atoms with E-state index in [0.717, 1.165) is 23.2 Å². The van der Waals surface area contributed by atoms with Gasteiger partial charge in [-0.1, -0.05) is 31.2 Å². The molecule has 0 aliphatic carbocycles. The number of nitro benzene ring substituents is 1. The topological polar surface area (TPSA) is 85.1 Å². The highest BCUT2D eigenvalue weighted by atomic mass is 16.6. The Morgan fingerprint density at radius 2 is 1.85 bits per heavy atom. The summed E-state index contributed by atoms with van der Waals surface area (Å²) in [4.78, 5) is 27.4. The number of nitrogens with one attached hydrogen (secondary N) is 1. The number of nitrogens with zero attached hydrogens (tertiary/aromatic N) is 2. The van der Waals surface area contributed by atoms with E-state index in [1.54, 1.807) is 25.1 Å². The first kappa shape index (κ1) is 18.3. The van der Waals surface area contributed by atoms with Crippen LogP contribution in [0.2, 0.25) is 0 Å². The van der Waals surface area contributed by atoms with Gasteiger partial charge >= 0.3 is 0 Å². The first-order chi connectivity index (χ1) is 13.0. The Hall–Kier alpha value is -3.54. The number of nitro groups is 1. The van der Waals surface area contributed by atoms with Gasteiger partial charge in [0.05, 0.1) is 16.3 Å². The van der Waals surface area contributed by atoms with E-state index >= 15 is 0 Å². The molecule has 0 atom stereocenters. The van der Waals surface area contributed by atoms with Crippen molar-refractivity contribution in [3.05, 3.63) is 87.6 Å². The van der Waals surface area contributed by atoms with Gasteiger partial charge in [0.15, 0.2) is 0 Å². The first-order valence-electron chi connectivity index (χ1n) is 8.59. The molecular formula is C21H19N3O3. The molecule has 3 rings (SSSR count). The van der Waals surface area contributed by atoms with Crippen molar-refractivity contribution in [3.63, 3.8) is 0 Å². The number of non-ortho nitro benzene ring substituents is 1. The normalized spacial score (nSPS) is 10.4. The van der Waals surface area contributed by atoms with Gasteiger partial charge in [0.2, 0.25) is 0 Å². The van der Waals surface area contributed by atoms with Crippen molar-refractivity contribution >= 4 is 17.3 Å². The molecule has 1 amide bonds. The van der Waals surface area contributed by atoms with Gasteiger partial charge < -0.3 is 5.32 Å². The number of hydrogen-bond acceptors (Lipinski definition) is 4. The second-order valence-corrected chi connectivity index (χ2v) is 6.19. The van der Waals surface area contributed by atoms with Crippen molar-refractivity contribution in [1.29, 1.82) is 0 Å². The predicted molar refractivity (Wildman–Crippen MR) is 105 cm³/mol. The van der Waals surface area contributed by atoms with E-state index in [1.807, 2.05) is 30.5 Å². The van der Waals surface area contributed by atoms with Crippen LogP contribution in [0.15, 0.2) is 60.8 Å². The second-order valence-electron chi connectivity index (χ2n) is 6.19. The summed E-state index contributed by atoms with van der Waals surface area (Å²) < 4.78 is 0. The van der Waals surface area contributed by atoms with Crippen LogP contribution in [0.25, 0.3) is 11.3 Å². The van der Waals surface area contributed by atoms with Crippen LogP contribution in [-0.4, -0.2) is 15.8 Å². The van der Waals surface area contributed by atoms with Crippen molar-refractivity contribution in [1.82, 2.24) is 4.98 Å². The molecule has 0 bridgehead atoms. The van der Waals surface area contributed by atoms with E-state index in [9.17, 15) is 14.9 Å². The van der Waals surface area contributed by atoms with Gasteiger partial charge in [-0.15, -0.1) is 0 Å². The third kappa shape index (κ3) is 4.17. The summed E-state index contributed by atoms with van der Waals surface area (Å²) in [7, 11) is 0. The van der Waals surface area contributed by atoms with Crippen molar-refractivity contribution in [2.24, 2.45) is 0 Å². The summed E-state index contributed by atoms with van der Waals surface area (Å²) in [6.07, 6.45) is 2.78. The highest BCUT2D eigenvalue weighted by Crippen LogP contribution is 2.23. The maximum absolute atomic E-state index is 12.5. The second kappa shape index (κ2) is 7.78. The molecule has 27 heavy (non-hydrogen) atoms. The average Bonchev–Trinajstić information content (AvgIpc) is 2.69. The molecule has 136 valence electrons. The number of aromatic nitrogens is 1. The van der Waals surface area contributed by atoms with E-state index in [2.05, 4.69) is 17.2 Å². The monoisotopic (exact) mass is 361 g/mol. The molecule has 0 spiro atoms. The van der Waals surface area contributed by atoms with E-state index in [-0.39, 0.29) is 11.6 Å². The number of aryl methyl sites for hydroxylation is 2. The van der Waals surface area contributed by atoms with E-state index in [4.69, 9.17) is 0 Å². The molecule has 3 aromatic rings. The van der Waals surface area contributed by atoms with E-state index in [1.165, 1.54) is 17.7 Å². The minimum absolute atomic E-state index is 0.0622. The molecule has 1 aromatic heterocycles. The summed E-state index contributed by atoms with van der Waals surface area (Å²) in [6.45, 7) is 3.86. The Balaban J connectivity index is 1.78. The molecule has 2 aromatic carbocycles. The zero-order valence-corrected chi connectivity index (χ0v) is 15.1. The molecule has 1 N–H and O–H groups in total. The lowest BCUT2D eigenvalue weighted by Crippen LogP contribution is -2.12. The molecule has 0 radical (unpaired) electrons. The van der Waals surface area contributed by atoms with Crippen LogP contribution in [0.3, 0.4) is 0 Å². The van der Waals surface area contributed by atoms with Gasteiger partial charge in [-0.3, -0.25) is 19.9 Å². The van der Waals surface area contributed by atoms with Crippen LogP contribution in [-0.2, 0) is 6.42 Å². The summed E-state index contributed by atoms with van der Waals surface area (Å²) in [5.74, 6) is -0.320. The van der Waals surface area contributed by atoms with Gasteiger partial charge in [0.25, 0.3) is 11.6 Å². The Labute approximate surface area is 157 Å². The fourth-order valence-electron chi connectivity index (χ4n) is 2.65. The zero-order valence-electron chi connectivity index (χ0n) is 15.1. The molecular weight excluding hydrogens is 342 g/mol. The Morgan fingerprint density at radius 1 is 1.11 bits per heavy atom. The summed E-state index contributed by atoms with van der Waals surface area (Å²) in [6, 6.07) is 15.5. The van der Waals surface area contributed by atoms with E-state index < -0.39 is 4.92 Å². The molecule has 0 saturated heterocycles. The molecule has 0 fully saturated rings. The molecule has 0 unspecified atom stereocenters. The van der Waals surface area contributed by atoms with Crippen LogP contribution >= 0.6 is 0 Å². The minimum Gasteiger partial charge on any atom is -0.321 e. The number of rotatable bonds is 5. The van der Waals surface area contributed by atoms with Crippen LogP contribution in [0.1, 0.15) is 28.4 Å². The standard InChI is InChI=1S/C21H19N3O3/c1-3-15-5-11-19(22-13-15)16-6-8-17(9-7-16)21(25)23-20-12-18(24(26)27)10-4-14(20)2/h4-13H,3H2,1-2H3,(H,23,25). The maximum Gasteiger partial charge on any atom is 0.271 e. The lowest BCUT2D eigenvalue weighted by Gasteiger charge is -2.09. The van der Waals surface area contributed by atoms with Gasteiger partial charge in [-0.2, -0.15) is 0 Å². The highest BCUT2D eigenvalue weighted by molar-refractivity contribution is 6.05. The summed E-state index contributed by atoms with van der Waals surface area (Å²) >= 11 is 0.